The Morgan fingerprint density at radius 2 is 1.90 bits per heavy atom. The molecule has 144 valence electrons. The highest BCUT2D eigenvalue weighted by molar-refractivity contribution is 8.01. The van der Waals surface area contributed by atoms with Gasteiger partial charge in [-0.25, -0.2) is 4.79 Å². The molecular formula is C21H13ClN2O3S2. The van der Waals surface area contributed by atoms with Gasteiger partial charge in [0.1, 0.15) is 11.6 Å². The second kappa shape index (κ2) is 9.43. The fourth-order valence-corrected chi connectivity index (χ4v) is 4.50. The van der Waals surface area contributed by atoms with E-state index in [1.165, 1.54) is 35.6 Å². The fourth-order valence-electron chi connectivity index (χ4n) is 2.30. The first-order valence-corrected chi connectivity index (χ1v) is 10.3. The molecule has 0 unspecified atom stereocenters. The van der Waals surface area contributed by atoms with E-state index >= 15 is 0 Å². The second-order valence-electron chi connectivity index (χ2n) is 5.72. The average Bonchev–Trinajstić information content (AvgIpc) is 3.15. The summed E-state index contributed by atoms with van der Waals surface area (Å²) in [4.78, 5) is 25.2. The third-order valence-corrected chi connectivity index (χ3v) is 6.08. The molecule has 0 saturated carbocycles. The van der Waals surface area contributed by atoms with Gasteiger partial charge in [-0.3, -0.25) is 4.79 Å². The molecule has 3 aromatic rings. The van der Waals surface area contributed by atoms with Gasteiger partial charge in [0.05, 0.1) is 9.77 Å². The number of carboxylic acids is 1. The minimum atomic E-state index is -1.10. The number of thiophene rings is 1. The molecule has 8 heteroatoms. The van der Waals surface area contributed by atoms with Crippen LogP contribution in [0.3, 0.4) is 0 Å². The molecule has 0 aliphatic rings. The Hall–Kier alpha value is -3.05. The Labute approximate surface area is 180 Å². The number of hydrogen-bond donors (Lipinski definition) is 2. The smallest absolute Gasteiger partial charge is 0.335 e. The third kappa shape index (κ3) is 5.72. The molecule has 1 amide bonds. The van der Waals surface area contributed by atoms with Gasteiger partial charge in [0.15, 0.2) is 0 Å². The van der Waals surface area contributed by atoms with Crippen molar-refractivity contribution in [3.8, 4) is 6.07 Å². The van der Waals surface area contributed by atoms with Crippen LogP contribution < -0.4 is 5.32 Å². The summed E-state index contributed by atoms with van der Waals surface area (Å²) in [5.74, 6) is -1.70. The number of rotatable bonds is 6. The average molecular weight is 441 g/mol. The van der Waals surface area contributed by atoms with E-state index in [1.807, 2.05) is 42.5 Å². The summed E-state index contributed by atoms with van der Waals surface area (Å²) in [6.45, 7) is 0. The molecule has 0 atom stereocenters. The van der Waals surface area contributed by atoms with Crippen molar-refractivity contribution in [2.45, 2.75) is 9.10 Å². The summed E-state index contributed by atoms with van der Waals surface area (Å²) in [5.41, 5.74) is 0.282. The SMILES string of the molecule is N#C/C(=C/c1ccc(Sc2ccc(Cl)cc2)s1)C(=O)Nc1cccc(C(=O)O)c1. The van der Waals surface area contributed by atoms with Gasteiger partial charge in [0.25, 0.3) is 5.91 Å². The highest BCUT2D eigenvalue weighted by Gasteiger charge is 2.12. The molecular weight excluding hydrogens is 428 g/mol. The third-order valence-electron chi connectivity index (χ3n) is 3.65. The maximum Gasteiger partial charge on any atom is 0.335 e. The maximum absolute atomic E-state index is 12.4. The zero-order valence-corrected chi connectivity index (χ0v) is 17.1. The number of carbonyl (C=O) groups excluding carboxylic acids is 1. The Balaban J connectivity index is 1.72. The lowest BCUT2D eigenvalue weighted by molar-refractivity contribution is -0.112. The molecule has 0 radical (unpaired) electrons. The predicted octanol–water partition coefficient (Wildman–Crippen LogP) is 5.80. The molecule has 0 aliphatic heterocycles. The Kier molecular flexibility index (Phi) is 6.73. The van der Waals surface area contributed by atoms with Crippen LogP contribution in [0.15, 0.2) is 75.3 Å². The van der Waals surface area contributed by atoms with Crippen LogP contribution in [0.5, 0.6) is 0 Å². The molecule has 5 nitrogen and oxygen atoms in total. The highest BCUT2D eigenvalue weighted by atomic mass is 35.5. The van der Waals surface area contributed by atoms with Gasteiger partial charge in [-0.15, -0.1) is 11.3 Å². The Bertz CT molecular complexity index is 1130. The van der Waals surface area contributed by atoms with E-state index in [4.69, 9.17) is 16.7 Å². The van der Waals surface area contributed by atoms with Gasteiger partial charge in [0, 0.05) is 20.5 Å². The summed E-state index contributed by atoms with van der Waals surface area (Å²) in [6, 6.07) is 18.9. The van der Waals surface area contributed by atoms with E-state index in [9.17, 15) is 14.9 Å². The first kappa shape index (κ1) is 20.7. The molecule has 0 spiro atoms. The zero-order chi connectivity index (χ0) is 20.8. The highest BCUT2D eigenvalue weighted by Crippen LogP contribution is 2.34. The normalized spacial score (nSPS) is 11.0. The summed E-state index contributed by atoms with van der Waals surface area (Å²) >= 11 is 8.90. The monoisotopic (exact) mass is 440 g/mol. The summed E-state index contributed by atoms with van der Waals surface area (Å²) in [7, 11) is 0. The van der Waals surface area contributed by atoms with Crippen molar-refractivity contribution in [2.24, 2.45) is 0 Å². The first-order valence-electron chi connectivity index (χ1n) is 8.24. The molecule has 1 heterocycles. The predicted molar refractivity (Wildman–Crippen MR) is 116 cm³/mol. The molecule has 2 N–H and O–H groups in total. The van der Waals surface area contributed by atoms with Crippen LogP contribution in [-0.2, 0) is 4.79 Å². The summed E-state index contributed by atoms with van der Waals surface area (Å²) < 4.78 is 1.01. The van der Waals surface area contributed by atoms with Gasteiger partial charge in [-0.1, -0.05) is 29.4 Å². The zero-order valence-electron chi connectivity index (χ0n) is 14.8. The van der Waals surface area contributed by atoms with Crippen LogP contribution in [0.1, 0.15) is 15.2 Å². The molecule has 0 saturated heterocycles. The van der Waals surface area contributed by atoms with Crippen LogP contribution >= 0.6 is 34.7 Å². The minimum absolute atomic E-state index is 0.0485. The number of benzene rings is 2. The number of anilines is 1. The number of amides is 1. The molecule has 0 fully saturated rings. The van der Waals surface area contributed by atoms with E-state index in [0.717, 1.165) is 14.0 Å². The topological polar surface area (TPSA) is 90.2 Å². The quantitative estimate of drug-likeness (QED) is 0.373. The lowest BCUT2D eigenvalue weighted by Crippen LogP contribution is -2.13. The molecule has 3 rings (SSSR count). The lowest BCUT2D eigenvalue weighted by atomic mass is 10.2. The number of nitrogens with one attached hydrogen (secondary N) is 1. The van der Waals surface area contributed by atoms with Crippen molar-refractivity contribution in [2.75, 3.05) is 5.32 Å². The van der Waals surface area contributed by atoms with E-state index < -0.39 is 11.9 Å². The van der Waals surface area contributed by atoms with E-state index in [1.54, 1.807) is 17.8 Å². The van der Waals surface area contributed by atoms with Gasteiger partial charge in [0.2, 0.25) is 0 Å². The van der Waals surface area contributed by atoms with Crippen molar-refractivity contribution < 1.29 is 14.7 Å². The Morgan fingerprint density at radius 3 is 2.59 bits per heavy atom. The van der Waals surface area contributed by atoms with Crippen molar-refractivity contribution in [3.05, 3.63) is 81.7 Å². The van der Waals surface area contributed by atoms with E-state index in [2.05, 4.69) is 5.32 Å². The van der Waals surface area contributed by atoms with Gasteiger partial charge >= 0.3 is 5.97 Å². The van der Waals surface area contributed by atoms with Gasteiger partial charge in [-0.05, 0) is 60.7 Å². The second-order valence-corrected chi connectivity index (χ2v) is 8.65. The number of carboxylic acid groups (broad SMARTS) is 1. The molecule has 29 heavy (non-hydrogen) atoms. The number of carbonyl (C=O) groups is 2. The number of halogens is 1. The van der Waals surface area contributed by atoms with Crippen LogP contribution in [0.2, 0.25) is 5.02 Å². The van der Waals surface area contributed by atoms with Crippen LogP contribution in [0.25, 0.3) is 6.08 Å². The molecule has 1 aromatic heterocycles. The number of nitriles is 1. The molecule has 0 bridgehead atoms. The standard InChI is InChI=1S/C21H13ClN2O3S2/c22-15-4-6-17(7-5-15)28-19-9-8-18(29-19)11-14(12-23)20(25)24-16-3-1-2-13(10-16)21(26)27/h1-11H,(H,24,25)(H,26,27)/b14-11-. The fraction of sp³-hybridized carbons (Fsp3) is 0. The Morgan fingerprint density at radius 1 is 1.14 bits per heavy atom. The minimum Gasteiger partial charge on any atom is -0.478 e. The van der Waals surface area contributed by atoms with Gasteiger partial charge < -0.3 is 10.4 Å². The molecule has 0 aliphatic carbocycles. The number of hydrogen-bond acceptors (Lipinski definition) is 5. The maximum atomic E-state index is 12.4. The summed E-state index contributed by atoms with van der Waals surface area (Å²) in [5, 5.41) is 21.6. The lowest BCUT2D eigenvalue weighted by Gasteiger charge is -2.05. The number of nitrogens with zero attached hydrogens (tertiary/aromatic N) is 1. The van der Waals surface area contributed by atoms with E-state index in [0.29, 0.717) is 10.7 Å². The molecule has 2 aromatic carbocycles. The van der Waals surface area contributed by atoms with Crippen LogP contribution in [0, 0.1) is 11.3 Å². The van der Waals surface area contributed by atoms with Crippen molar-refractivity contribution in [1.29, 1.82) is 5.26 Å². The van der Waals surface area contributed by atoms with Crippen molar-refractivity contribution >= 4 is 58.3 Å². The van der Waals surface area contributed by atoms with Crippen molar-refractivity contribution in [3.63, 3.8) is 0 Å². The van der Waals surface area contributed by atoms with Crippen LogP contribution in [-0.4, -0.2) is 17.0 Å². The summed E-state index contributed by atoms with van der Waals surface area (Å²) in [6.07, 6.45) is 1.51. The van der Waals surface area contributed by atoms with Gasteiger partial charge in [-0.2, -0.15) is 5.26 Å². The largest absolute Gasteiger partial charge is 0.478 e. The van der Waals surface area contributed by atoms with Crippen molar-refractivity contribution in [1.82, 2.24) is 0 Å². The van der Waals surface area contributed by atoms with Crippen LogP contribution in [0.4, 0.5) is 5.69 Å². The number of aromatic carboxylic acids is 1. The van der Waals surface area contributed by atoms with E-state index in [-0.39, 0.29) is 11.1 Å². The first-order chi connectivity index (χ1) is 13.9.